The molecular weight excluding hydrogens is 252 g/mol. The van der Waals surface area contributed by atoms with Gasteiger partial charge in [0.2, 0.25) is 0 Å². The third-order valence-corrected chi connectivity index (χ3v) is 3.53. The van der Waals surface area contributed by atoms with Crippen LogP contribution in [-0.4, -0.2) is 26.2 Å². The van der Waals surface area contributed by atoms with Crippen molar-refractivity contribution in [1.82, 2.24) is 0 Å². The molecule has 0 radical (unpaired) electrons. The molecule has 2 unspecified atom stereocenters. The Bertz CT molecular complexity index is 612. The van der Waals surface area contributed by atoms with E-state index >= 15 is 0 Å². The lowest BCUT2D eigenvalue weighted by Gasteiger charge is -2.25. The minimum Gasteiger partial charge on any atom is -0.449 e. The largest absolute Gasteiger partial charge is 0.449 e. The number of allylic oxidation sites excluding steroid dienone is 2. The highest BCUT2D eigenvalue weighted by Crippen LogP contribution is 2.25. The number of ether oxygens (including phenoxy) is 1. The molecule has 0 spiro atoms. The van der Waals surface area contributed by atoms with Gasteiger partial charge in [-0.1, -0.05) is 18.2 Å². The van der Waals surface area contributed by atoms with Gasteiger partial charge in [-0.15, -0.1) is 0 Å². The molecule has 2 aliphatic rings. The molecule has 1 aromatic rings. The van der Waals surface area contributed by atoms with Crippen LogP contribution < -0.4 is 9.47 Å². The predicted molar refractivity (Wildman–Crippen MR) is 76.9 cm³/mol. The second-order valence-electron chi connectivity index (χ2n) is 5.13. The average Bonchev–Trinajstić information content (AvgIpc) is 2.46. The first kappa shape index (κ1) is 12.7. The molecule has 2 atom stereocenters. The SMILES string of the molecule is CN(C)c1cc[n+](C2=CC3C=CC=CC3OC2=O)cc1. The second kappa shape index (κ2) is 4.96. The smallest absolute Gasteiger partial charge is 0.404 e. The Morgan fingerprint density at radius 3 is 2.55 bits per heavy atom. The van der Waals surface area contributed by atoms with E-state index in [1.807, 2.05) is 73.9 Å². The van der Waals surface area contributed by atoms with Gasteiger partial charge in [0.15, 0.2) is 12.4 Å². The summed E-state index contributed by atoms with van der Waals surface area (Å²) in [4.78, 5) is 14.1. The second-order valence-corrected chi connectivity index (χ2v) is 5.13. The number of carbonyl (C=O) groups is 1. The number of hydrogen-bond donors (Lipinski definition) is 0. The molecule has 0 fully saturated rings. The van der Waals surface area contributed by atoms with Gasteiger partial charge in [0, 0.05) is 43.9 Å². The molecule has 1 aromatic heterocycles. The number of pyridine rings is 1. The number of fused-ring (bicyclic) bond motifs is 1. The van der Waals surface area contributed by atoms with Crippen molar-refractivity contribution < 1.29 is 14.1 Å². The van der Waals surface area contributed by atoms with Crippen molar-refractivity contribution >= 4 is 17.4 Å². The van der Waals surface area contributed by atoms with Crippen molar-refractivity contribution in [2.24, 2.45) is 5.92 Å². The lowest BCUT2D eigenvalue weighted by Crippen LogP contribution is -2.42. The van der Waals surface area contributed by atoms with Crippen molar-refractivity contribution in [2.75, 3.05) is 19.0 Å². The van der Waals surface area contributed by atoms with Crippen LogP contribution in [0.25, 0.3) is 5.70 Å². The third-order valence-electron chi connectivity index (χ3n) is 3.53. The van der Waals surface area contributed by atoms with E-state index in [9.17, 15) is 4.79 Å². The molecule has 3 rings (SSSR count). The number of aromatic nitrogens is 1. The van der Waals surface area contributed by atoms with Crippen molar-refractivity contribution in [1.29, 1.82) is 0 Å². The van der Waals surface area contributed by atoms with Gasteiger partial charge >= 0.3 is 5.97 Å². The topological polar surface area (TPSA) is 33.4 Å². The number of nitrogens with zero attached hydrogens (tertiary/aromatic N) is 2. The van der Waals surface area contributed by atoms with Gasteiger partial charge in [-0.25, -0.2) is 4.79 Å². The zero-order valence-corrected chi connectivity index (χ0v) is 11.6. The molecule has 0 bridgehead atoms. The molecule has 0 saturated carbocycles. The van der Waals surface area contributed by atoms with E-state index in [0.29, 0.717) is 5.70 Å². The average molecular weight is 269 g/mol. The minimum absolute atomic E-state index is 0.119. The molecular formula is C16H17N2O2+. The van der Waals surface area contributed by atoms with Crippen molar-refractivity contribution in [3.8, 4) is 0 Å². The van der Waals surface area contributed by atoms with Crippen LogP contribution in [0.4, 0.5) is 5.69 Å². The summed E-state index contributed by atoms with van der Waals surface area (Å²) in [5, 5.41) is 0. The normalized spacial score (nSPS) is 23.9. The molecule has 1 aliphatic heterocycles. The molecule has 4 nitrogen and oxygen atoms in total. The van der Waals surface area contributed by atoms with Crippen LogP contribution in [0.5, 0.6) is 0 Å². The number of carbonyl (C=O) groups excluding carboxylic acids is 1. The lowest BCUT2D eigenvalue weighted by molar-refractivity contribution is -0.579. The summed E-state index contributed by atoms with van der Waals surface area (Å²) in [7, 11) is 3.97. The minimum atomic E-state index is -0.284. The molecule has 0 aromatic carbocycles. The number of esters is 1. The highest BCUT2D eigenvalue weighted by Gasteiger charge is 2.34. The van der Waals surface area contributed by atoms with E-state index < -0.39 is 0 Å². The van der Waals surface area contributed by atoms with Crippen LogP contribution in [0.2, 0.25) is 0 Å². The summed E-state index contributed by atoms with van der Waals surface area (Å²) in [6.45, 7) is 0. The van der Waals surface area contributed by atoms with E-state index in [4.69, 9.17) is 4.74 Å². The van der Waals surface area contributed by atoms with Crippen LogP contribution in [-0.2, 0) is 9.53 Å². The highest BCUT2D eigenvalue weighted by molar-refractivity contribution is 6.07. The summed E-state index contributed by atoms with van der Waals surface area (Å²) < 4.78 is 7.26. The third kappa shape index (κ3) is 2.25. The highest BCUT2D eigenvalue weighted by atomic mass is 16.5. The Morgan fingerprint density at radius 1 is 1.15 bits per heavy atom. The van der Waals surface area contributed by atoms with E-state index in [2.05, 4.69) is 0 Å². The van der Waals surface area contributed by atoms with Gasteiger partial charge < -0.3 is 9.64 Å². The van der Waals surface area contributed by atoms with Gasteiger partial charge in [-0.3, -0.25) is 0 Å². The Hall–Kier alpha value is -2.36. The maximum atomic E-state index is 12.1. The Labute approximate surface area is 118 Å². The Morgan fingerprint density at radius 2 is 1.85 bits per heavy atom. The molecule has 2 heterocycles. The zero-order chi connectivity index (χ0) is 14.1. The predicted octanol–water partition coefficient (Wildman–Crippen LogP) is 1.55. The van der Waals surface area contributed by atoms with Gasteiger partial charge in [0.1, 0.15) is 6.10 Å². The van der Waals surface area contributed by atoms with Crippen LogP contribution >= 0.6 is 0 Å². The molecule has 1 aliphatic carbocycles. The summed E-state index contributed by atoms with van der Waals surface area (Å²) in [5.74, 6) is -0.164. The molecule has 102 valence electrons. The van der Waals surface area contributed by atoms with Gasteiger partial charge in [-0.2, -0.15) is 4.57 Å². The van der Waals surface area contributed by atoms with Crippen LogP contribution in [0.1, 0.15) is 0 Å². The number of hydrogen-bond acceptors (Lipinski definition) is 3. The first-order valence-corrected chi connectivity index (χ1v) is 6.62. The first-order chi connectivity index (χ1) is 9.65. The van der Waals surface area contributed by atoms with Crippen LogP contribution in [0.15, 0.2) is 54.9 Å². The molecule has 0 N–H and O–H groups in total. The van der Waals surface area contributed by atoms with Crippen LogP contribution in [0.3, 0.4) is 0 Å². The standard InChI is InChI=1S/C16H17N2O2/c1-17(2)13-7-9-18(10-8-13)14-11-12-5-3-4-6-15(12)20-16(14)19/h3-12,15H,1-2H3/q+1. The number of rotatable bonds is 2. The van der Waals surface area contributed by atoms with Gasteiger partial charge in [-0.05, 0) is 6.08 Å². The maximum Gasteiger partial charge on any atom is 0.404 e. The van der Waals surface area contributed by atoms with Crippen molar-refractivity contribution in [3.05, 3.63) is 54.9 Å². The fourth-order valence-electron chi connectivity index (χ4n) is 2.38. The van der Waals surface area contributed by atoms with Crippen molar-refractivity contribution in [3.63, 3.8) is 0 Å². The summed E-state index contributed by atoms with van der Waals surface area (Å²) in [5.41, 5.74) is 1.65. The fraction of sp³-hybridized carbons (Fsp3) is 0.250. The molecule has 0 amide bonds. The zero-order valence-electron chi connectivity index (χ0n) is 11.6. The molecule has 4 heteroatoms. The first-order valence-electron chi connectivity index (χ1n) is 6.62. The molecule has 20 heavy (non-hydrogen) atoms. The lowest BCUT2D eigenvalue weighted by atomic mass is 9.94. The summed E-state index contributed by atoms with van der Waals surface area (Å²) >= 11 is 0. The monoisotopic (exact) mass is 269 g/mol. The van der Waals surface area contributed by atoms with E-state index in [1.54, 1.807) is 4.57 Å². The number of anilines is 1. The van der Waals surface area contributed by atoms with E-state index in [1.165, 1.54) is 0 Å². The van der Waals surface area contributed by atoms with Crippen LogP contribution in [0, 0.1) is 5.92 Å². The summed E-state index contributed by atoms with van der Waals surface area (Å²) in [6.07, 6.45) is 13.4. The maximum absolute atomic E-state index is 12.1. The summed E-state index contributed by atoms with van der Waals surface area (Å²) in [6, 6.07) is 3.94. The quantitative estimate of drug-likeness (QED) is 0.603. The van der Waals surface area contributed by atoms with Gasteiger partial charge in [0.25, 0.3) is 5.70 Å². The van der Waals surface area contributed by atoms with Gasteiger partial charge in [0.05, 0.1) is 0 Å². The fourth-order valence-corrected chi connectivity index (χ4v) is 2.38. The van der Waals surface area contributed by atoms with Crippen molar-refractivity contribution in [2.45, 2.75) is 6.10 Å². The molecule has 0 saturated heterocycles. The van der Waals surface area contributed by atoms with E-state index in [0.717, 1.165) is 5.69 Å². The Balaban J connectivity index is 1.92. The Kier molecular flexibility index (Phi) is 3.14. The van der Waals surface area contributed by atoms with E-state index in [-0.39, 0.29) is 18.0 Å².